The lowest BCUT2D eigenvalue weighted by Crippen LogP contribution is -1.91. The van der Waals surface area contributed by atoms with Gasteiger partial charge in [-0.05, 0) is 31.9 Å². The molecule has 0 saturated carbocycles. The SMILES string of the molecule is CC1=CC=C(c2nnc(-c3ccccc3)o2)CC1. The van der Waals surface area contributed by atoms with Crippen molar-refractivity contribution < 1.29 is 4.42 Å². The molecule has 1 heterocycles. The molecule has 0 radical (unpaired) electrons. The second-order valence-corrected chi connectivity index (χ2v) is 4.48. The van der Waals surface area contributed by atoms with Crippen molar-refractivity contribution in [2.24, 2.45) is 0 Å². The van der Waals surface area contributed by atoms with E-state index in [-0.39, 0.29) is 0 Å². The Morgan fingerprint density at radius 2 is 1.72 bits per heavy atom. The molecule has 0 saturated heterocycles. The third-order valence-corrected chi connectivity index (χ3v) is 3.08. The van der Waals surface area contributed by atoms with E-state index in [1.54, 1.807) is 0 Å². The Hall–Kier alpha value is -2.16. The maximum Gasteiger partial charge on any atom is 0.248 e. The summed E-state index contributed by atoms with van der Waals surface area (Å²) in [4.78, 5) is 0. The fourth-order valence-corrected chi connectivity index (χ4v) is 1.97. The van der Waals surface area contributed by atoms with Crippen LogP contribution in [0.5, 0.6) is 0 Å². The van der Waals surface area contributed by atoms with Crippen molar-refractivity contribution >= 4 is 5.57 Å². The smallest absolute Gasteiger partial charge is 0.248 e. The minimum absolute atomic E-state index is 0.581. The zero-order chi connectivity index (χ0) is 12.4. The standard InChI is InChI=1S/C15H14N2O/c1-11-7-9-13(10-8-11)15-17-16-14(18-15)12-5-3-2-4-6-12/h2-7,9H,8,10H2,1H3. The maximum absolute atomic E-state index is 5.72. The Bertz CT molecular complexity index is 608. The fourth-order valence-electron chi connectivity index (χ4n) is 1.97. The molecule has 0 unspecified atom stereocenters. The average molecular weight is 238 g/mol. The first-order chi connectivity index (χ1) is 8.83. The molecule has 1 aliphatic carbocycles. The van der Waals surface area contributed by atoms with Crippen LogP contribution >= 0.6 is 0 Å². The summed E-state index contributed by atoms with van der Waals surface area (Å²) in [5.41, 5.74) is 3.47. The monoisotopic (exact) mass is 238 g/mol. The van der Waals surface area contributed by atoms with Crippen LogP contribution in [0.25, 0.3) is 17.0 Å². The Kier molecular flexibility index (Phi) is 2.81. The second-order valence-electron chi connectivity index (χ2n) is 4.48. The third kappa shape index (κ3) is 2.12. The fraction of sp³-hybridized carbons (Fsp3) is 0.200. The molecule has 1 aliphatic rings. The van der Waals surface area contributed by atoms with Crippen LogP contribution in [0, 0.1) is 0 Å². The van der Waals surface area contributed by atoms with Crippen LogP contribution in [0.4, 0.5) is 0 Å². The van der Waals surface area contributed by atoms with Crippen LogP contribution in [-0.4, -0.2) is 10.2 Å². The van der Waals surface area contributed by atoms with Crippen molar-refractivity contribution in [3.63, 3.8) is 0 Å². The lowest BCUT2D eigenvalue weighted by Gasteiger charge is -2.07. The summed E-state index contributed by atoms with van der Waals surface area (Å²) in [5, 5.41) is 8.23. The molecule has 0 N–H and O–H groups in total. The Labute approximate surface area is 106 Å². The molecule has 1 aromatic heterocycles. The zero-order valence-electron chi connectivity index (χ0n) is 10.3. The minimum Gasteiger partial charge on any atom is -0.416 e. The Balaban J connectivity index is 1.91. The normalized spacial score (nSPS) is 15.2. The van der Waals surface area contributed by atoms with E-state index >= 15 is 0 Å². The summed E-state index contributed by atoms with van der Waals surface area (Å²) in [6, 6.07) is 9.83. The van der Waals surface area contributed by atoms with E-state index in [1.807, 2.05) is 30.3 Å². The van der Waals surface area contributed by atoms with Crippen molar-refractivity contribution in [2.45, 2.75) is 19.8 Å². The van der Waals surface area contributed by atoms with Gasteiger partial charge in [0.05, 0.1) is 0 Å². The van der Waals surface area contributed by atoms with E-state index in [0.29, 0.717) is 11.8 Å². The molecular weight excluding hydrogens is 224 g/mol. The summed E-state index contributed by atoms with van der Waals surface area (Å²) in [5.74, 6) is 1.22. The van der Waals surface area contributed by atoms with Crippen LogP contribution in [0.2, 0.25) is 0 Å². The molecule has 3 nitrogen and oxygen atoms in total. The molecule has 0 aliphatic heterocycles. The lowest BCUT2D eigenvalue weighted by atomic mass is 10.00. The van der Waals surface area contributed by atoms with Crippen LogP contribution in [0.1, 0.15) is 25.7 Å². The number of rotatable bonds is 2. The highest BCUT2D eigenvalue weighted by Gasteiger charge is 2.13. The summed E-state index contributed by atoms with van der Waals surface area (Å²) in [6.45, 7) is 2.14. The van der Waals surface area contributed by atoms with Crippen LogP contribution in [0.15, 0.2) is 52.5 Å². The molecule has 90 valence electrons. The van der Waals surface area contributed by atoms with Gasteiger partial charge in [0.2, 0.25) is 11.8 Å². The highest BCUT2D eigenvalue weighted by atomic mass is 16.4. The molecule has 0 bridgehead atoms. The Morgan fingerprint density at radius 1 is 0.944 bits per heavy atom. The molecule has 3 heteroatoms. The predicted molar refractivity (Wildman–Crippen MR) is 70.7 cm³/mol. The van der Waals surface area contributed by atoms with E-state index in [0.717, 1.165) is 24.0 Å². The van der Waals surface area contributed by atoms with Crippen molar-refractivity contribution in [1.82, 2.24) is 10.2 Å². The molecule has 2 aromatic rings. The number of hydrogen-bond donors (Lipinski definition) is 0. The minimum atomic E-state index is 0.581. The summed E-state index contributed by atoms with van der Waals surface area (Å²) in [6.07, 6.45) is 6.22. The zero-order valence-corrected chi connectivity index (χ0v) is 10.3. The highest BCUT2D eigenvalue weighted by Crippen LogP contribution is 2.27. The van der Waals surface area contributed by atoms with E-state index in [9.17, 15) is 0 Å². The van der Waals surface area contributed by atoms with E-state index in [4.69, 9.17) is 4.42 Å². The van der Waals surface area contributed by atoms with Crippen LogP contribution in [0.3, 0.4) is 0 Å². The van der Waals surface area contributed by atoms with Gasteiger partial charge < -0.3 is 4.42 Å². The maximum atomic E-state index is 5.72. The predicted octanol–water partition coefficient (Wildman–Crippen LogP) is 3.86. The van der Waals surface area contributed by atoms with E-state index in [2.05, 4.69) is 29.3 Å². The quantitative estimate of drug-likeness (QED) is 0.797. The van der Waals surface area contributed by atoms with Crippen molar-refractivity contribution in [2.75, 3.05) is 0 Å². The van der Waals surface area contributed by atoms with Gasteiger partial charge in [-0.2, -0.15) is 0 Å². The van der Waals surface area contributed by atoms with E-state index < -0.39 is 0 Å². The highest BCUT2D eigenvalue weighted by molar-refractivity contribution is 5.63. The van der Waals surface area contributed by atoms with Gasteiger partial charge in [-0.3, -0.25) is 0 Å². The Morgan fingerprint density at radius 3 is 2.44 bits per heavy atom. The topological polar surface area (TPSA) is 38.9 Å². The molecule has 0 fully saturated rings. The molecule has 0 spiro atoms. The third-order valence-electron chi connectivity index (χ3n) is 3.08. The number of hydrogen-bond acceptors (Lipinski definition) is 3. The molecule has 3 rings (SSSR count). The molecular formula is C15H14N2O. The van der Waals surface area contributed by atoms with Crippen molar-refractivity contribution in [3.8, 4) is 11.5 Å². The number of benzene rings is 1. The van der Waals surface area contributed by atoms with Gasteiger partial charge in [0.25, 0.3) is 0 Å². The van der Waals surface area contributed by atoms with Crippen molar-refractivity contribution in [1.29, 1.82) is 0 Å². The molecule has 0 atom stereocenters. The van der Waals surface area contributed by atoms with Gasteiger partial charge in [0.15, 0.2) is 0 Å². The van der Waals surface area contributed by atoms with Gasteiger partial charge in [-0.15, -0.1) is 10.2 Å². The molecule has 0 amide bonds. The summed E-state index contributed by atoms with van der Waals surface area (Å²) in [7, 11) is 0. The first-order valence-corrected chi connectivity index (χ1v) is 6.08. The van der Waals surface area contributed by atoms with Gasteiger partial charge >= 0.3 is 0 Å². The van der Waals surface area contributed by atoms with Gasteiger partial charge in [0.1, 0.15) is 0 Å². The number of aromatic nitrogens is 2. The van der Waals surface area contributed by atoms with Gasteiger partial charge in [0, 0.05) is 11.1 Å². The number of nitrogens with zero attached hydrogens (tertiary/aromatic N) is 2. The molecule has 1 aromatic carbocycles. The first kappa shape index (κ1) is 11.0. The second kappa shape index (κ2) is 4.61. The van der Waals surface area contributed by atoms with Gasteiger partial charge in [-0.1, -0.05) is 35.9 Å². The number of allylic oxidation sites excluding steroid dienone is 4. The average Bonchev–Trinajstić information content (AvgIpc) is 2.90. The summed E-state index contributed by atoms with van der Waals surface area (Å²) < 4.78 is 5.72. The first-order valence-electron chi connectivity index (χ1n) is 6.08. The van der Waals surface area contributed by atoms with E-state index in [1.165, 1.54) is 5.57 Å². The van der Waals surface area contributed by atoms with Crippen molar-refractivity contribution in [3.05, 3.63) is 53.9 Å². The van der Waals surface area contributed by atoms with Crippen LogP contribution in [-0.2, 0) is 0 Å². The molecule has 18 heavy (non-hydrogen) atoms. The largest absolute Gasteiger partial charge is 0.416 e. The van der Waals surface area contributed by atoms with Gasteiger partial charge in [-0.25, -0.2) is 0 Å². The lowest BCUT2D eigenvalue weighted by molar-refractivity contribution is 0.549. The van der Waals surface area contributed by atoms with Crippen LogP contribution < -0.4 is 0 Å². The summed E-state index contributed by atoms with van der Waals surface area (Å²) >= 11 is 0.